The second-order valence-corrected chi connectivity index (χ2v) is 8.09. The summed E-state index contributed by atoms with van der Waals surface area (Å²) in [5.41, 5.74) is 2.06. The summed E-state index contributed by atoms with van der Waals surface area (Å²) in [5, 5.41) is 3.38. The molecule has 1 N–H and O–H groups in total. The Labute approximate surface area is 165 Å². The second-order valence-electron chi connectivity index (χ2n) is 6.89. The van der Waals surface area contributed by atoms with Crippen LogP contribution in [0.25, 0.3) is 10.2 Å². The van der Waals surface area contributed by atoms with Gasteiger partial charge >= 0.3 is 0 Å². The van der Waals surface area contributed by atoms with Crippen molar-refractivity contribution in [1.82, 2.24) is 9.55 Å². The first kappa shape index (κ1) is 18.4. The Morgan fingerprint density at radius 2 is 2.11 bits per heavy atom. The number of carbonyl (C=O) groups is 2. The number of fused-ring (bicyclic) bond motifs is 1. The number of carbonyl (C=O) groups excluding carboxylic acids is 2. The molecule has 8 heteroatoms. The van der Waals surface area contributed by atoms with Crippen LogP contribution in [0.5, 0.6) is 0 Å². The number of aryl methyl sites for hydroxylation is 2. The van der Waals surface area contributed by atoms with Crippen molar-refractivity contribution in [3.8, 4) is 0 Å². The van der Waals surface area contributed by atoms with E-state index in [1.54, 1.807) is 23.1 Å². The maximum atomic E-state index is 12.7. The van der Waals surface area contributed by atoms with E-state index in [9.17, 15) is 14.4 Å². The standard InChI is InChI=1S/C20H20N4O3S/c1-12-13(2)28-19-18(12)20(27)23(11-21-19)10-16(25)22-14-5-3-6-15(9-14)24-8-4-7-17(24)26/h3,5-6,9,11H,4,7-8,10H2,1-2H3,(H,22,25). The number of aromatic nitrogens is 2. The van der Waals surface area contributed by atoms with Crippen LogP contribution in [0.2, 0.25) is 0 Å². The summed E-state index contributed by atoms with van der Waals surface area (Å²) in [6.45, 7) is 4.42. The molecule has 4 rings (SSSR count). The summed E-state index contributed by atoms with van der Waals surface area (Å²) in [6.07, 6.45) is 2.81. The van der Waals surface area contributed by atoms with Gasteiger partial charge in [0.25, 0.3) is 5.56 Å². The fourth-order valence-electron chi connectivity index (χ4n) is 3.41. The topological polar surface area (TPSA) is 84.3 Å². The number of hydrogen-bond acceptors (Lipinski definition) is 5. The highest BCUT2D eigenvalue weighted by atomic mass is 32.1. The molecule has 0 radical (unpaired) electrons. The first-order chi connectivity index (χ1) is 13.4. The summed E-state index contributed by atoms with van der Waals surface area (Å²) in [6, 6.07) is 7.19. The first-order valence-corrected chi connectivity index (χ1v) is 9.91. The van der Waals surface area contributed by atoms with Gasteiger partial charge in [0.15, 0.2) is 0 Å². The third-order valence-electron chi connectivity index (χ3n) is 4.98. The zero-order valence-electron chi connectivity index (χ0n) is 15.7. The van der Waals surface area contributed by atoms with Crippen LogP contribution in [0.1, 0.15) is 23.3 Å². The number of benzene rings is 1. The van der Waals surface area contributed by atoms with E-state index in [4.69, 9.17) is 0 Å². The molecule has 1 aromatic carbocycles. The SMILES string of the molecule is Cc1sc2ncn(CC(=O)Nc3cccc(N4CCCC4=O)c3)c(=O)c2c1C. The Morgan fingerprint density at radius 1 is 1.29 bits per heavy atom. The highest BCUT2D eigenvalue weighted by Crippen LogP contribution is 2.26. The molecule has 1 saturated heterocycles. The van der Waals surface area contributed by atoms with Gasteiger partial charge in [0.05, 0.1) is 11.7 Å². The zero-order valence-corrected chi connectivity index (χ0v) is 16.5. The molecule has 0 bridgehead atoms. The number of amides is 2. The quantitative estimate of drug-likeness (QED) is 0.735. The summed E-state index contributed by atoms with van der Waals surface area (Å²) in [7, 11) is 0. The minimum absolute atomic E-state index is 0.0934. The third kappa shape index (κ3) is 3.31. The van der Waals surface area contributed by atoms with Crippen molar-refractivity contribution in [2.45, 2.75) is 33.2 Å². The Bertz CT molecular complexity index is 1150. The van der Waals surface area contributed by atoms with E-state index < -0.39 is 0 Å². The van der Waals surface area contributed by atoms with Crippen molar-refractivity contribution in [1.29, 1.82) is 0 Å². The van der Waals surface area contributed by atoms with Crippen LogP contribution >= 0.6 is 11.3 Å². The van der Waals surface area contributed by atoms with Crippen LogP contribution in [0, 0.1) is 13.8 Å². The largest absolute Gasteiger partial charge is 0.324 e. The second kappa shape index (κ2) is 7.20. The molecule has 28 heavy (non-hydrogen) atoms. The molecule has 2 amide bonds. The van der Waals surface area contributed by atoms with Crippen molar-refractivity contribution in [2.75, 3.05) is 16.8 Å². The lowest BCUT2D eigenvalue weighted by molar-refractivity contribution is -0.117. The molecule has 0 spiro atoms. The molecule has 2 aromatic heterocycles. The molecule has 1 aliphatic rings. The summed E-state index contributed by atoms with van der Waals surface area (Å²) in [5.74, 6) is -0.228. The van der Waals surface area contributed by atoms with Gasteiger partial charge in [-0.2, -0.15) is 0 Å². The van der Waals surface area contributed by atoms with Crippen molar-refractivity contribution in [3.05, 3.63) is 51.4 Å². The predicted molar refractivity (Wildman–Crippen MR) is 110 cm³/mol. The van der Waals surface area contributed by atoms with Crippen LogP contribution in [-0.4, -0.2) is 27.9 Å². The number of thiophene rings is 1. The van der Waals surface area contributed by atoms with Crippen LogP contribution in [0.3, 0.4) is 0 Å². The van der Waals surface area contributed by atoms with Gasteiger partial charge in [0.1, 0.15) is 11.4 Å². The van der Waals surface area contributed by atoms with Gasteiger partial charge in [0.2, 0.25) is 11.8 Å². The van der Waals surface area contributed by atoms with E-state index >= 15 is 0 Å². The monoisotopic (exact) mass is 396 g/mol. The Balaban J connectivity index is 1.53. The summed E-state index contributed by atoms with van der Waals surface area (Å²) in [4.78, 5) is 44.9. The Hall–Kier alpha value is -3.00. The van der Waals surface area contributed by atoms with E-state index in [0.717, 1.165) is 22.5 Å². The first-order valence-electron chi connectivity index (χ1n) is 9.09. The summed E-state index contributed by atoms with van der Waals surface area (Å²) < 4.78 is 1.32. The minimum atomic E-state index is -0.322. The molecule has 3 aromatic rings. The maximum absolute atomic E-state index is 12.7. The number of nitrogens with one attached hydrogen (secondary N) is 1. The molecule has 3 heterocycles. The van der Waals surface area contributed by atoms with E-state index in [0.29, 0.717) is 28.9 Å². The van der Waals surface area contributed by atoms with E-state index in [1.807, 2.05) is 19.9 Å². The third-order valence-corrected chi connectivity index (χ3v) is 6.10. The molecule has 1 fully saturated rings. The number of anilines is 2. The van der Waals surface area contributed by atoms with Crippen LogP contribution < -0.4 is 15.8 Å². The predicted octanol–water partition coefficient (Wildman–Crippen LogP) is 2.84. The van der Waals surface area contributed by atoms with Gasteiger partial charge in [-0.1, -0.05) is 6.07 Å². The van der Waals surface area contributed by atoms with Crippen molar-refractivity contribution in [3.63, 3.8) is 0 Å². The maximum Gasteiger partial charge on any atom is 0.262 e. The van der Waals surface area contributed by atoms with E-state index in [1.165, 1.54) is 22.2 Å². The van der Waals surface area contributed by atoms with E-state index in [2.05, 4.69) is 10.3 Å². The molecule has 0 unspecified atom stereocenters. The molecule has 144 valence electrons. The highest BCUT2D eigenvalue weighted by molar-refractivity contribution is 7.18. The number of nitrogens with zero attached hydrogens (tertiary/aromatic N) is 3. The molecule has 1 aliphatic heterocycles. The van der Waals surface area contributed by atoms with Crippen LogP contribution in [0.4, 0.5) is 11.4 Å². The zero-order chi connectivity index (χ0) is 19.8. The highest BCUT2D eigenvalue weighted by Gasteiger charge is 2.22. The minimum Gasteiger partial charge on any atom is -0.324 e. The van der Waals surface area contributed by atoms with E-state index in [-0.39, 0.29) is 23.9 Å². The fraction of sp³-hybridized carbons (Fsp3) is 0.300. The lowest BCUT2D eigenvalue weighted by Crippen LogP contribution is -2.28. The Kier molecular flexibility index (Phi) is 4.72. The molecular weight excluding hydrogens is 376 g/mol. The normalized spacial score (nSPS) is 14.1. The number of hydrogen-bond donors (Lipinski definition) is 1. The van der Waals surface area contributed by atoms with Crippen molar-refractivity contribution in [2.24, 2.45) is 0 Å². The van der Waals surface area contributed by atoms with Gasteiger partial charge in [-0.15, -0.1) is 11.3 Å². The molecular formula is C20H20N4O3S. The van der Waals surface area contributed by atoms with Crippen molar-refractivity contribution >= 4 is 44.7 Å². The van der Waals surface area contributed by atoms with Gasteiger partial charge in [-0.25, -0.2) is 4.98 Å². The van der Waals surface area contributed by atoms with Gasteiger partial charge in [0, 0.05) is 29.2 Å². The smallest absolute Gasteiger partial charge is 0.262 e. The van der Waals surface area contributed by atoms with Gasteiger partial charge in [-0.3, -0.25) is 19.0 Å². The molecule has 0 aliphatic carbocycles. The van der Waals surface area contributed by atoms with Gasteiger partial charge < -0.3 is 10.2 Å². The lowest BCUT2D eigenvalue weighted by Gasteiger charge is -2.17. The summed E-state index contributed by atoms with van der Waals surface area (Å²) >= 11 is 1.48. The Morgan fingerprint density at radius 3 is 2.86 bits per heavy atom. The van der Waals surface area contributed by atoms with Crippen LogP contribution in [-0.2, 0) is 16.1 Å². The molecule has 7 nitrogen and oxygen atoms in total. The lowest BCUT2D eigenvalue weighted by atomic mass is 10.2. The average molecular weight is 396 g/mol. The van der Waals surface area contributed by atoms with Crippen LogP contribution in [0.15, 0.2) is 35.4 Å². The fourth-order valence-corrected chi connectivity index (χ4v) is 4.40. The molecule has 0 saturated carbocycles. The number of rotatable bonds is 4. The van der Waals surface area contributed by atoms with Crippen molar-refractivity contribution < 1.29 is 9.59 Å². The molecule has 0 atom stereocenters. The average Bonchev–Trinajstić information content (AvgIpc) is 3.21. The van der Waals surface area contributed by atoms with Gasteiger partial charge in [-0.05, 0) is 44.0 Å².